The van der Waals surface area contributed by atoms with Crippen molar-refractivity contribution in [2.45, 2.75) is 32.1 Å². The monoisotopic (exact) mass is 317 g/mol. The van der Waals surface area contributed by atoms with Gasteiger partial charge < -0.3 is 15.2 Å². The molecule has 2 saturated carbocycles. The summed E-state index contributed by atoms with van der Waals surface area (Å²) in [6.07, 6.45) is 4.85. The van der Waals surface area contributed by atoms with Crippen molar-refractivity contribution in [1.29, 1.82) is 0 Å². The van der Waals surface area contributed by atoms with Crippen molar-refractivity contribution in [3.63, 3.8) is 0 Å². The number of fused-ring (bicyclic) bond motifs is 2. The summed E-state index contributed by atoms with van der Waals surface area (Å²) in [5, 5.41) is 11.5. The van der Waals surface area contributed by atoms with Crippen LogP contribution in [-0.4, -0.2) is 30.6 Å². The lowest BCUT2D eigenvalue weighted by Crippen LogP contribution is -2.47. The van der Waals surface area contributed by atoms with E-state index in [0.717, 1.165) is 30.6 Å². The number of amides is 1. The number of benzene rings is 1. The number of carboxylic acid groups (broad SMARTS) is 1. The van der Waals surface area contributed by atoms with Gasteiger partial charge in [0, 0.05) is 0 Å². The Kier molecular flexibility index (Phi) is 4.28. The van der Waals surface area contributed by atoms with Gasteiger partial charge in [-0.05, 0) is 55.2 Å². The summed E-state index contributed by atoms with van der Waals surface area (Å²) in [4.78, 5) is 23.6. The van der Waals surface area contributed by atoms with Crippen LogP contribution in [0, 0.1) is 17.3 Å². The van der Waals surface area contributed by atoms with Crippen LogP contribution in [0.4, 0.5) is 0 Å². The fourth-order valence-electron chi connectivity index (χ4n) is 4.50. The first-order valence-electron chi connectivity index (χ1n) is 8.16. The molecule has 0 aromatic heterocycles. The molecule has 0 spiro atoms. The maximum absolute atomic E-state index is 12.8. The molecule has 1 aromatic rings. The number of ether oxygens (including phenoxy) is 1. The number of carboxylic acids is 1. The van der Waals surface area contributed by atoms with E-state index >= 15 is 0 Å². The van der Waals surface area contributed by atoms with E-state index in [9.17, 15) is 9.59 Å². The molecule has 0 saturated heterocycles. The number of carbonyl (C=O) groups excluding carboxylic acids is 1. The Morgan fingerprint density at radius 2 is 2.22 bits per heavy atom. The highest BCUT2D eigenvalue weighted by molar-refractivity contribution is 5.87. The van der Waals surface area contributed by atoms with Crippen LogP contribution in [0.15, 0.2) is 24.3 Å². The van der Waals surface area contributed by atoms with Crippen molar-refractivity contribution in [2.75, 3.05) is 13.7 Å². The van der Waals surface area contributed by atoms with E-state index in [4.69, 9.17) is 9.84 Å². The van der Waals surface area contributed by atoms with Crippen molar-refractivity contribution in [2.24, 2.45) is 17.3 Å². The smallest absolute Gasteiger partial charge is 0.322 e. The van der Waals surface area contributed by atoms with Crippen molar-refractivity contribution in [3.8, 4) is 5.75 Å². The Bertz CT molecular complexity index is 615. The maximum Gasteiger partial charge on any atom is 0.322 e. The average molecular weight is 317 g/mol. The van der Waals surface area contributed by atoms with E-state index in [1.165, 1.54) is 6.42 Å². The highest BCUT2D eigenvalue weighted by atomic mass is 16.5. The third-order valence-corrected chi connectivity index (χ3v) is 5.48. The zero-order valence-electron chi connectivity index (χ0n) is 13.4. The zero-order valence-corrected chi connectivity index (χ0v) is 13.4. The molecule has 3 atom stereocenters. The van der Waals surface area contributed by atoms with E-state index in [-0.39, 0.29) is 12.5 Å². The number of hydrogen-bond donors (Lipinski definition) is 2. The van der Waals surface area contributed by atoms with Crippen LogP contribution in [0.25, 0.3) is 0 Å². The van der Waals surface area contributed by atoms with E-state index in [1.54, 1.807) is 7.11 Å². The summed E-state index contributed by atoms with van der Waals surface area (Å²) >= 11 is 0. The van der Waals surface area contributed by atoms with Crippen LogP contribution in [0.1, 0.15) is 31.2 Å². The number of nitrogens with one attached hydrogen (secondary N) is 1. The number of aliphatic carboxylic acids is 1. The second-order valence-corrected chi connectivity index (χ2v) is 6.84. The van der Waals surface area contributed by atoms with E-state index in [1.807, 2.05) is 24.3 Å². The van der Waals surface area contributed by atoms with Crippen molar-refractivity contribution < 1.29 is 19.4 Å². The van der Waals surface area contributed by atoms with Crippen LogP contribution >= 0.6 is 0 Å². The molecule has 0 radical (unpaired) electrons. The normalized spacial score (nSPS) is 28.6. The molecule has 2 bridgehead atoms. The summed E-state index contributed by atoms with van der Waals surface area (Å²) in [6, 6.07) is 7.81. The average Bonchev–Trinajstić information content (AvgIpc) is 3.14. The van der Waals surface area contributed by atoms with Gasteiger partial charge in [0.1, 0.15) is 12.3 Å². The van der Waals surface area contributed by atoms with Gasteiger partial charge in [-0.25, -0.2) is 0 Å². The van der Waals surface area contributed by atoms with Crippen LogP contribution < -0.4 is 10.1 Å². The van der Waals surface area contributed by atoms with Crippen LogP contribution in [0.5, 0.6) is 5.75 Å². The standard InChI is InChI=1S/C18H23NO4/c1-23-15-4-2-3-12(8-15)9-18(17(22)19-11-16(20)21)10-13-5-6-14(18)7-13/h2-4,8,13-14H,5-7,9-11H2,1H3,(H,19,22)(H,20,21). The van der Waals surface area contributed by atoms with Gasteiger partial charge in [0.25, 0.3) is 0 Å². The Morgan fingerprint density at radius 1 is 1.39 bits per heavy atom. The number of hydrogen-bond acceptors (Lipinski definition) is 3. The number of rotatable bonds is 6. The molecule has 124 valence electrons. The first-order chi connectivity index (χ1) is 11.0. The number of carbonyl (C=O) groups is 2. The second kappa shape index (κ2) is 6.22. The third-order valence-electron chi connectivity index (χ3n) is 5.48. The zero-order chi connectivity index (χ0) is 16.4. The minimum Gasteiger partial charge on any atom is -0.497 e. The van der Waals surface area contributed by atoms with Gasteiger partial charge in [-0.1, -0.05) is 18.6 Å². The molecule has 2 N–H and O–H groups in total. The molecular formula is C18H23NO4. The van der Waals surface area contributed by atoms with Gasteiger partial charge in [-0.15, -0.1) is 0 Å². The lowest BCUT2D eigenvalue weighted by atomic mass is 9.68. The highest BCUT2D eigenvalue weighted by Crippen LogP contribution is 2.57. The van der Waals surface area contributed by atoms with Gasteiger partial charge in [0.2, 0.25) is 5.91 Å². The molecule has 3 unspecified atom stereocenters. The summed E-state index contributed by atoms with van der Waals surface area (Å²) < 4.78 is 5.28. The van der Waals surface area contributed by atoms with E-state index in [2.05, 4.69) is 5.32 Å². The van der Waals surface area contributed by atoms with E-state index < -0.39 is 11.4 Å². The predicted molar refractivity (Wildman–Crippen MR) is 85.2 cm³/mol. The molecule has 1 aromatic carbocycles. The van der Waals surface area contributed by atoms with E-state index in [0.29, 0.717) is 18.3 Å². The second-order valence-electron chi connectivity index (χ2n) is 6.84. The molecular weight excluding hydrogens is 294 g/mol. The van der Waals surface area contributed by atoms with Crippen molar-refractivity contribution in [1.82, 2.24) is 5.32 Å². The highest BCUT2D eigenvalue weighted by Gasteiger charge is 2.55. The molecule has 2 fully saturated rings. The van der Waals surface area contributed by atoms with Crippen LogP contribution in [-0.2, 0) is 16.0 Å². The Morgan fingerprint density at radius 3 is 2.83 bits per heavy atom. The van der Waals surface area contributed by atoms with Gasteiger partial charge in [-0.3, -0.25) is 9.59 Å². The Balaban J connectivity index is 1.84. The predicted octanol–water partition coefficient (Wildman–Crippen LogP) is 2.24. The van der Waals surface area contributed by atoms with Gasteiger partial charge in [0.15, 0.2) is 0 Å². The summed E-state index contributed by atoms with van der Waals surface area (Å²) in [6.45, 7) is -0.309. The van der Waals surface area contributed by atoms with Crippen molar-refractivity contribution in [3.05, 3.63) is 29.8 Å². The third kappa shape index (κ3) is 3.05. The van der Waals surface area contributed by atoms with Crippen molar-refractivity contribution >= 4 is 11.9 Å². The fourth-order valence-corrected chi connectivity index (χ4v) is 4.50. The summed E-state index contributed by atoms with van der Waals surface area (Å²) in [7, 11) is 1.63. The molecule has 0 aliphatic heterocycles. The van der Waals surface area contributed by atoms with Gasteiger partial charge in [-0.2, -0.15) is 0 Å². The van der Waals surface area contributed by atoms with Crippen LogP contribution in [0.3, 0.4) is 0 Å². The Hall–Kier alpha value is -2.04. The minimum absolute atomic E-state index is 0.102. The Labute approximate surface area is 136 Å². The first kappa shape index (κ1) is 15.8. The molecule has 3 rings (SSSR count). The van der Waals surface area contributed by atoms with Crippen LogP contribution in [0.2, 0.25) is 0 Å². The maximum atomic E-state index is 12.8. The minimum atomic E-state index is -1.00. The molecule has 23 heavy (non-hydrogen) atoms. The molecule has 5 heteroatoms. The quantitative estimate of drug-likeness (QED) is 0.844. The molecule has 2 aliphatic rings. The first-order valence-corrected chi connectivity index (χ1v) is 8.16. The SMILES string of the molecule is COc1cccc(CC2(C(=O)NCC(=O)O)CC3CCC2C3)c1. The van der Waals surface area contributed by atoms with Gasteiger partial charge in [0.05, 0.1) is 12.5 Å². The largest absolute Gasteiger partial charge is 0.497 e. The summed E-state index contributed by atoms with van der Waals surface area (Å²) in [5.74, 6) is 0.633. The number of methoxy groups -OCH3 is 1. The topological polar surface area (TPSA) is 75.6 Å². The molecule has 2 aliphatic carbocycles. The molecule has 1 amide bonds. The molecule has 5 nitrogen and oxygen atoms in total. The lowest BCUT2D eigenvalue weighted by Gasteiger charge is -2.36. The van der Waals surface area contributed by atoms with Gasteiger partial charge >= 0.3 is 5.97 Å². The lowest BCUT2D eigenvalue weighted by molar-refractivity contribution is -0.141. The fraction of sp³-hybridized carbons (Fsp3) is 0.556. The molecule has 0 heterocycles. The summed E-state index contributed by atoms with van der Waals surface area (Å²) in [5.41, 5.74) is 0.604.